The lowest BCUT2D eigenvalue weighted by Gasteiger charge is -2.15. The van der Waals surface area contributed by atoms with E-state index in [0.717, 1.165) is 6.07 Å². The summed E-state index contributed by atoms with van der Waals surface area (Å²) in [6, 6.07) is 7.26. The zero-order valence-corrected chi connectivity index (χ0v) is 16.9. The molecule has 1 N–H and O–H groups in total. The first-order valence-electron chi connectivity index (χ1n) is 8.90. The molecule has 0 saturated carbocycles. The van der Waals surface area contributed by atoms with Gasteiger partial charge in [0.2, 0.25) is 11.8 Å². The molecule has 1 aromatic heterocycles. The number of nitrogens with zero attached hydrogens (tertiary/aromatic N) is 2. The van der Waals surface area contributed by atoms with Crippen molar-refractivity contribution >= 4 is 17.5 Å². The third kappa shape index (κ3) is 6.10. The molecule has 0 radical (unpaired) electrons. The number of carbonyl (C=O) groups excluding carboxylic acids is 1. The average Bonchev–Trinajstić information content (AvgIpc) is 2.69. The predicted octanol–water partition coefficient (Wildman–Crippen LogP) is 4.06. The Balaban J connectivity index is 2.36. The maximum absolute atomic E-state index is 13.2. The van der Waals surface area contributed by atoms with E-state index in [1.54, 1.807) is 38.1 Å². The Hall–Kier alpha value is -3.30. The second-order valence-electron chi connectivity index (χ2n) is 6.42. The van der Waals surface area contributed by atoms with E-state index in [0.29, 0.717) is 11.1 Å². The van der Waals surface area contributed by atoms with Crippen LogP contribution >= 0.6 is 0 Å². The second-order valence-corrected chi connectivity index (χ2v) is 6.42. The van der Waals surface area contributed by atoms with Crippen LogP contribution in [-0.2, 0) is 27.1 Å². The number of anilines is 1. The van der Waals surface area contributed by atoms with Gasteiger partial charge in [-0.05, 0) is 25.0 Å². The molecule has 30 heavy (non-hydrogen) atoms. The quantitative estimate of drug-likeness (QED) is 0.388. The Labute approximate surface area is 171 Å². The van der Waals surface area contributed by atoms with Crippen molar-refractivity contribution in [3.63, 3.8) is 0 Å². The minimum Gasteiger partial charge on any atom is -0.503 e. The maximum atomic E-state index is 13.2. The highest BCUT2D eigenvalue weighted by Crippen LogP contribution is 2.31. The van der Waals surface area contributed by atoms with Gasteiger partial charge < -0.3 is 19.5 Å². The number of alkyl halides is 3. The van der Waals surface area contributed by atoms with Gasteiger partial charge >= 0.3 is 12.1 Å². The zero-order chi connectivity index (χ0) is 22.3. The van der Waals surface area contributed by atoms with E-state index < -0.39 is 17.8 Å². The number of rotatable bonds is 8. The van der Waals surface area contributed by atoms with E-state index in [9.17, 15) is 18.0 Å². The Morgan fingerprint density at radius 2 is 1.90 bits per heavy atom. The van der Waals surface area contributed by atoms with Crippen LogP contribution in [0.2, 0.25) is 0 Å². The van der Waals surface area contributed by atoms with Crippen LogP contribution < -0.4 is 10.1 Å². The summed E-state index contributed by atoms with van der Waals surface area (Å²) in [5.41, 5.74) is -0.00735. The average molecular weight is 425 g/mol. The van der Waals surface area contributed by atoms with Crippen LogP contribution in [0.4, 0.5) is 19.1 Å². The first-order chi connectivity index (χ1) is 14.2. The van der Waals surface area contributed by atoms with Crippen LogP contribution in [0.1, 0.15) is 30.7 Å². The highest BCUT2D eigenvalue weighted by molar-refractivity contribution is 6.16. The number of benzene rings is 1. The van der Waals surface area contributed by atoms with E-state index in [2.05, 4.69) is 15.3 Å². The van der Waals surface area contributed by atoms with Gasteiger partial charge in [-0.2, -0.15) is 18.2 Å². The smallest absolute Gasteiger partial charge is 0.433 e. The Morgan fingerprint density at radius 3 is 2.50 bits per heavy atom. The maximum Gasteiger partial charge on any atom is 0.433 e. The lowest BCUT2D eigenvalue weighted by atomic mass is 10.0. The zero-order valence-electron chi connectivity index (χ0n) is 16.9. The molecule has 0 aliphatic rings. The van der Waals surface area contributed by atoms with Crippen molar-refractivity contribution in [3.05, 3.63) is 53.4 Å². The van der Waals surface area contributed by atoms with Gasteiger partial charge in [0.25, 0.3) is 0 Å². The van der Waals surface area contributed by atoms with Gasteiger partial charge in [-0.1, -0.05) is 24.3 Å². The summed E-state index contributed by atoms with van der Waals surface area (Å²) in [6.45, 7) is 3.34. The molecule has 0 aliphatic carbocycles. The molecule has 162 valence electrons. The number of carbonyl (C=O) groups is 1. The molecule has 0 spiro atoms. The van der Waals surface area contributed by atoms with Gasteiger partial charge in [0.15, 0.2) is 5.69 Å². The van der Waals surface area contributed by atoms with Gasteiger partial charge in [0, 0.05) is 12.1 Å². The van der Waals surface area contributed by atoms with Crippen molar-refractivity contribution in [2.24, 2.45) is 0 Å². The summed E-state index contributed by atoms with van der Waals surface area (Å²) in [5.74, 6) is -1.09. The summed E-state index contributed by atoms with van der Waals surface area (Å²) in [6.07, 6.45) is -3.44. The summed E-state index contributed by atoms with van der Waals surface area (Å²) < 4.78 is 54.8. The SMILES string of the molecule is CO/C=C(/C(=O)OC)c1ccccc1COc1cc(C(F)(F)F)nc(NC(C)C)n1. The van der Waals surface area contributed by atoms with E-state index in [4.69, 9.17) is 14.2 Å². The van der Waals surface area contributed by atoms with Crippen LogP contribution in [0.3, 0.4) is 0 Å². The van der Waals surface area contributed by atoms with Gasteiger partial charge in [0.1, 0.15) is 12.2 Å². The molecule has 0 fully saturated rings. The van der Waals surface area contributed by atoms with Crippen LogP contribution in [0.25, 0.3) is 5.57 Å². The molecule has 0 unspecified atom stereocenters. The Morgan fingerprint density at radius 1 is 1.20 bits per heavy atom. The molecular formula is C20H22F3N3O4. The fourth-order valence-corrected chi connectivity index (χ4v) is 2.48. The summed E-state index contributed by atoms with van der Waals surface area (Å²) in [4.78, 5) is 19.5. The molecule has 0 atom stereocenters. The fourth-order valence-electron chi connectivity index (χ4n) is 2.48. The summed E-state index contributed by atoms with van der Waals surface area (Å²) >= 11 is 0. The molecule has 10 heteroatoms. The topological polar surface area (TPSA) is 82.6 Å². The highest BCUT2D eigenvalue weighted by Gasteiger charge is 2.34. The van der Waals surface area contributed by atoms with Crippen molar-refractivity contribution in [2.45, 2.75) is 32.7 Å². The van der Waals surface area contributed by atoms with Crippen LogP contribution in [0.15, 0.2) is 36.6 Å². The van der Waals surface area contributed by atoms with Crippen LogP contribution in [-0.4, -0.2) is 36.2 Å². The molecule has 7 nitrogen and oxygen atoms in total. The van der Waals surface area contributed by atoms with Crippen molar-refractivity contribution in [3.8, 4) is 5.88 Å². The van der Waals surface area contributed by atoms with Gasteiger partial charge in [-0.15, -0.1) is 0 Å². The molecule has 0 amide bonds. The molecule has 0 bridgehead atoms. The first kappa shape index (κ1) is 23.0. The molecular weight excluding hydrogens is 403 g/mol. The third-order valence-electron chi connectivity index (χ3n) is 3.73. The molecule has 0 aliphatic heterocycles. The number of methoxy groups -OCH3 is 2. The fraction of sp³-hybridized carbons (Fsp3) is 0.350. The number of halogens is 3. The highest BCUT2D eigenvalue weighted by atomic mass is 19.4. The Kier molecular flexibility index (Phi) is 7.62. The lowest BCUT2D eigenvalue weighted by molar-refractivity contribution is -0.141. The van der Waals surface area contributed by atoms with Crippen LogP contribution in [0.5, 0.6) is 5.88 Å². The molecule has 2 aromatic rings. The van der Waals surface area contributed by atoms with Crippen molar-refractivity contribution in [2.75, 3.05) is 19.5 Å². The van der Waals surface area contributed by atoms with Crippen molar-refractivity contribution in [1.82, 2.24) is 9.97 Å². The normalized spacial score (nSPS) is 11.9. The number of aromatic nitrogens is 2. The molecule has 0 saturated heterocycles. The molecule has 1 aromatic carbocycles. The van der Waals surface area contributed by atoms with E-state index >= 15 is 0 Å². The predicted molar refractivity (Wildman–Crippen MR) is 104 cm³/mol. The van der Waals surface area contributed by atoms with E-state index in [1.807, 2.05) is 0 Å². The number of ether oxygens (including phenoxy) is 3. The Bertz CT molecular complexity index is 914. The number of nitrogens with one attached hydrogen (secondary N) is 1. The van der Waals surface area contributed by atoms with Gasteiger partial charge in [0.05, 0.1) is 20.5 Å². The number of hydrogen-bond donors (Lipinski definition) is 1. The number of hydrogen-bond acceptors (Lipinski definition) is 7. The van der Waals surface area contributed by atoms with E-state index in [-0.39, 0.29) is 30.1 Å². The lowest BCUT2D eigenvalue weighted by Crippen LogP contribution is -2.17. The van der Waals surface area contributed by atoms with Crippen LogP contribution in [0, 0.1) is 0 Å². The first-order valence-corrected chi connectivity index (χ1v) is 8.90. The largest absolute Gasteiger partial charge is 0.503 e. The monoisotopic (exact) mass is 425 g/mol. The van der Waals surface area contributed by atoms with Crippen molar-refractivity contribution in [1.29, 1.82) is 0 Å². The second kappa shape index (κ2) is 9.95. The third-order valence-corrected chi connectivity index (χ3v) is 3.73. The molecule has 2 rings (SSSR count). The van der Waals surface area contributed by atoms with Gasteiger partial charge in [-0.25, -0.2) is 9.78 Å². The minimum atomic E-state index is -4.66. The minimum absolute atomic E-state index is 0.139. The summed E-state index contributed by atoms with van der Waals surface area (Å²) in [7, 11) is 2.61. The molecule has 1 heterocycles. The summed E-state index contributed by atoms with van der Waals surface area (Å²) in [5, 5.41) is 2.74. The van der Waals surface area contributed by atoms with E-state index in [1.165, 1.54) is 20.5 Å². The number of esters is 1. The standard InChI is InChI=1S/C20H22F3N3O4/c1-12(2)24-19-25-16(20(21,22)23)9-17(26-19)30-10-13-7-5-6-8-14(13)15(11-28-3)18(27)29-4/h5-9,11-12H,10H2,1-4H3,(H,24,25,26)/b15-11+. The van der Waals surface area contributed by atoms with Crippen molar-refractivity contribution < 1.29 is 32.2 Å². The van der Waals surface area contributed by atoms with Gasteiger partial charge in [-0.3, -0.25) is 0 Å².